The lowest BCUT2D eigenvalue weighted by Crippen LogP contribution is -2.34. The second kappa shape index (κ2) is 5.70. The number of benzene rings is 1. The van der Waals surface area contributed by atoms with Gasteiger partial charge in [0, 0.05) is 13.5 Å². The summed E-state index contributed by atoms with van der Waals surface area (Å²) in [5, 5.41) is 22.1. The Labute approximate surface area is 106 Å². The van der Waals surface area contributed by atoms with E-state index in [0.717, 1.165) is 5.56 Å². The van der Waals surface area contributed by atoms with Gasteiger partial charge in [0.05, 0.1) is 11.4 Å². The highest BCUT2D eigenvalue weighted by molar-refractivity contribution is 5.72. The molecule has 0 fully saturated rings. The van der Waals surface area contributed by atoms with Crippen molar-refractivity contribution in [1.29, 1.82) is 0 Å². The van der Waals surface area contributed by atoms with Gasteiger partial charge in [-0.2, -0.15) is 0 Å². The smallest absolute Gasteiger partial charge is 0.216 e. The molecule has 1 aromatic carbocycles. The topological polar surface area (TPSA) is 122 Å². The van der Waals surface area contributed by atoms with Crippen molar-refractivity contribution in [3.05, 3.63) is 23.3 Å². The van der Waals surface area contributed by atoms with Crippen molar-refractivity contribution in [2.45, 2.75) is 26.1 Å². The summed E-state index contributed by atoms with van der Waals surface area (Å²) < 4.78 is 0. The van der Waals surface area contributed by atoms with Gasteiger partial charge < -0.3 is 27.0 Å². The molecule has 0 radical (unpaired) electrons. The number of nitrogens with two attached hydrogens (primary N) is 2. The molecule has 0 spiro atoms. The molecule has 2 atom stereocenters. The molecule has 0 saturated heterocycles. The summed E-state index contributed by atoms with van der Waals surface area (Å²) in [5.41, 5.74) is 13.4. The van der Waals surface area contributed by atoms with Crippen molar-refractivity contribution < 1.29 is 15.0 Å². The standard InChI is InChI=1S/C12H19N3O3/c1-6-3-8(4-9(13)11(6)14)12(18)10(17)5-15-7(2)16/h3-4,10,12,17-18H,5,13-14H2,1-2H3,(H,15,16). The molecule has 100 valence electrons. The minimum Gasteiger partial charge on any atom is -0.397 e. The van der Waals surface area contributed by atoms with Crippen molar-refractivity contribution in [2.75, 3.05) is 18.0 Å². The van der Waals surface area contributed by atoms with Crippen LogP contribution in [-0.2, 0) is 4.79 Å². The Balaban J connectivity index is 2.83. The maximum atomic E-state index is 10.7. The molecule has 1 aromatic rings. The molecule has 0 bridgehead atoms. The highest BCUT2D eigenvalue weighted by Gasteiger charge is 2.19. The zero-order valence-electron chi connectivity index (χ0n) is 10.5. The summed E-state index contributed by atoms with van der Waals surface area (Å²) >= 11 is 0. The number of rotatable bonds is 4. The average molecular weight is 253 g/mol. The first-order valence-electron chi connectivity index (χ1n) is 5.59. The van der Waals surface area contributed by atoms with Gasteiger partial charge in [0.2, 0.25) is 5.91 Å². The molecular weight excluding hydrogens is 234 g/mol. The lowest BCUT2D eigenvalue weighted by molar-refractivity contribution is -0.119. The molecule has 1 amide bonds. The largest absolute Gasteiger partial charge is 0.397 e. The second-order valence-electron chi connectivity index (χ2n) is 4.29. The van der Waals surface area contributed by atoms with Gasteiger partial charge in [-0.3, -0.25) is 4.79 Å². The Morgan fingerprint density at radius 1 is 1.39 bits per heavy atom. The molecule has 7 N–H and O–H groups in total. The number of nitrogens with one attached hydrogen (secondary N) is 1. The lowest BCUT2D eigenvalue weighted by atomic mass is 10.00. The third-order valence-corrected chi connectivity index (χ3v) is 2.71. The number of amides is 1. The summed E-state index contributed by atoms with van der Waals surface area (Å²) in [6, 6.07) is 3.18. The third kappa shape index (κ3) is 3.35. The third-order valence-electron chi connectivity index (χ3n) is 2.71. The summed E-state index contributed by atoms with van der Waals surface area (Å²) in [4.78, 5) is 10.7. The van der Waals surface area contributed by atoms with Crippen molar-refractivity contribution in [3.8, 4) is 0 Å². The van der Waals surface area contributed by atoms with Gasteiger partial charge in [0.25, 0.3) is 0 Å². The highest BCUT2D eigenvalue weighted by atomic mass is 16.3. The number of carbonyl (C=O) groups excluding carboxylic acids is 1. The van der Waals surface area contributed by atoms with Gasteiger partial charge in [-0.05, 0) is 24.1 Å². The Morgan fingerprint density at radius 3 is 2.50 bits per heavy atom. The number of anilines is 2. The molecule has 0 aliphatic carbocycles. The van der Waals surface area contributed by atoms with Crippen molar-refractivity contribution in [2.24, 2.45) is 0 Å². The minimum atomic E-state index is -1.13. The predicted octanol–water partition coefficient (Wildman–Crippen LogP) is -0.310. The number of aliphatic hydroxyl groups excluding tert-OH is 2. The molecule has 0 aromatic heterocycles. The zero-order valence-corrected chi connectivity index (χ0v) is 10.5. The summed E-state index contributed by atoms with van der Waals surface area (Å²) in [5.74, 6) is -0.269. The Kier molecular flexibility index (Phi) is 4.52. The van der Waals surface area contributed by atoms with Crippen LogP contribution in [0.4, 0.5) is 11.4 Å². The van der Waals surface area contributed by atoms with Crippen molar-refractivity contribution >= 4 is 17.3 Å². The van der Waals surface area contributed by atoms with E-state index in [-0.39, 0.29) is 12.5 Å². The summed E-state index contributed by atoms with van der Waals surface area (Å²) in [7, 11) is 0. The van der Waals surface area contributed by atoms with Crippen LogP contribution in [0.3, 0.4) is 0 Å². The molecule has 0 aliphatic heterocycles. The second-order valence-corrected chi connectivity index (χ2v) is 4.29. The zero-order chi connectivity index (χ0) is 13.9. The van der Waals surface area contributed by atoms with Crippen LogP contribution in [0.25, 0.3) is 0 Å². The summed E-state index contributed by atoms with van der Waals surface area (Å²) in [6.07, 6.45) is -2.23. The normalized spacial score (nSPS) is 14.0. The number of hydrogen-bond acceptors (Lipinski definition) is 5. The molecule has 6 nitrogen and oxygen atoms in total. The number of aryl methyl sites for hydroxylation is 1. The van der Waals surface area contributed by atoms with Crippen LogP contribution in [0.15, 0.2) is 12.1 Å². The SMILES string of the molecule is CC(=O)NCC(O)C(O)c1cc(C)c(N)c(N)c1. The molecule has 2 unspecified atom stereocenters. The Morgan fingerprint density at radius 2 is 2.00 bits per heavy atom. The van der Waals surface area contributed by atoms with Crippen LogP contribution in [-0.4, -0.2) is 28.8 Å². The summed E-state index contributed by atoms with van der Waals surface area (Å²) in [6.45, 7) is 3.08. The van der Waals surface area contributed by atoms with E-state index in [4.69, 9.17) is 11.5 Å². The predicted molar refractivity (Wildman–Crippen MR) is 69.7 cm³/mol. The van der Waals surface area contributed by atoms with E-state index in [1.165, 1.54) is 13.0 Å². The minimum absolute atomic E-state index is 0.0279. The van der Waals surface area contributed by atoms with Gasteiger partial charge in [0.15, 0.2) is 0 Å². The van der Waals surface area contributed by atoms with Gasteiger partial charge in [-0.15, -0.1) is 0 Å². The van der Waals surface area contributed by atoms with Gasteiger partial charge in [-0.25, -0.2) is 0 Å². The molecule has 1 rings (SSSR count). The Bertz CT molecular complexity index is 425. The van der Waals surface area contributed by atoms with Crippen molar-refractivity contribution in [3.63, 3.8) is 0 Å². The molecule has 0 aliphatic rings. The van der Waals surface area contributed by atoms with E-state index < -0.39 is 12.2 Å². The number of hydrogen-bond donors (Lipinski definition) is 5. The first kappa shape index (κ1) is 14.3. The molecule has 0 heterocycles. The van der Waals surface area contributed by atoms with Crippen LogP contribution in [0.5, 0.6) is 0 Å². The maximum Gasteiger partial charge on any atom is 0.216 e. The van der Waals surface area contributed by atoms with Crippen LogP contribution in [0, 0.1) is 6.92 Å². The first-order chi connectivity index (χ1) is 8.32. The fourth-order valence-corrected chi connectivity index (χ4v) is 1.61. The van der Waals surface area contributed by atoms with E-state index in [9.17, 15) is 15.0 Å². The van der Waals surface area contributed by atoms with Crippen LogP contribution in [0.2, 0.25) is 0 Å². The van der Waals surface area contributed by atoms with Crippen LogP contribution >= 0.6 is 0 Å². The Hall–Kier alpha value is -1.79. The van der Waals surface area contributed by atoms with Gasteiger partial charge in [-0.1, -0.05) is 6.07 Å². The van der Waals surface area contributed by atoms with E-state index in [2.05, 4.69) is 5.32 Å². The average Bonchev–Trinajstić information content (AvgIpc) is 2.31. The van der Waals surface area contributed by atoms with Gasteiger partial charge >= 0.3 is 0 Å². The van der Waals surface area contributed by atoms with Gasteiger partial charge in [0.1, 0.15) is 12.2 Å². The molecular formula is C12H19N3O3. The van der Waals surface area contributed by atoms with E-state index >= 15 is 0 Å². The molecule has 6 heteroatoms. The number of aliphatic hydroxyl groups is 2. The molecule has 18 heavy (non-hydrogen) atoms. The maximum absolute atomic E-state index is 10.7. The number of carbonyl (C=O) groups is 1. The van der Waals surface area contributed by atoms with E-state index in [0.29, 0.717) is 16.9 Å². The highest BCUT2D eigenvalue weighted by Crippen LogP contribution is 2.26. The van der Waals surface area contributed by atoms with Crippen molar-refractivity contribution in [1.82, 2.24) is 5.32 Å². The van der Waals surface area contributed by atoms with Crippen LogP contribution in [0.1, 0.15) is 24.2 Å². The number of nitrogen functional groups attached to an aromatic ring is 2. The first-order valence-corrected chi connectivity index (χ1v) is 5.59. The van der Waals surface area contributed by atoms with Crippen LogP contribution < -0.4 is 16.8 Å². The quantitative estimate of drug-likeness (QED) is 0.471. The van der Waals surface area contributed by atoms with E-state index in [1.807, 2.05) is 0 Å². The van der Waals surface area contributed by atoms with E-state index in [1.54, 1.807) is 13.0 Å². The monoisotopic (exact) mass is 253 g/mol. The lowest BCUT2D eigenvalue weighted by Gasteiger charge is -2.20. The fraction of sp³-hybridized carbons (Fsp3) is 0.417. The fourth-order valence-electron chi connectivity index (χ4n) is 1.61. The molecule has 0 saturated carbocycles.